The maximum atomic E-state index is 13.7. The van der Waals surface area contributed by atoms with Gasteiger partial charge in [-0.3, -0.25) is 9.59 Å². The molecule has 8 rings (SSSR count). The van der Waals surface area contributed by atoms with Gasteiger partial charge in [0, 0.05) is 80.5 Å². The fourth-order valence-corrected chi connectivity index (χ4v) is 8.76. The van der Waals surface area contributed by atoms with Gasteiger partial charge in [0.15, 0.2) is 0 Å². The number of ether oxygens (including phenoxy) is 2. The molecular weight excluding hydrogens is 819 g/mol. The lowest BCUT2D eigenvalue weighted by Crippen LogP contribution is -2.50. The van der Waals surface area contributed by atoms with Gasteiger partial charge in [-0.15, -0.1) is 0 Å². The number of carbonyl (C=O) groups excluding carboxylic acids is 4. The third kappa shape index (κ3) is 10.3. The average Bonchev–Trinajstić information content (AvgIpc) is 3.64. The summed E-state index contributed by atoms with van der Waals surface area (Å²) in [5.74, 6) is -0.600. The van der Waals surface area contributed by atoms with Crippen molar-refractivity contribution >= 4 is 46.8 Å². The maximum Gasteiger partial charge on any atom is 0.410 e. The van der Waals surface area contributed by atoms with E-state index in [1.165, 1.54) is 24.3 Å². The number of hydrogen-bond acceptors (Lipinski definition) is 8. The Morgan fingerprint density at radius 2 is 1.00 bits per heavy atom. The molecule has 0 spiro atoms. The van der Waals surface area contributed by atoms with Crippen LogP contribution in [-0.2, 0) is 44.0 Å². The number of rotatable bonds is 6. The van der Waals surface area contributed by atoms with E-state index in [0.717, 1.165) is 45.0 Å². The molecule has 0 aromatic heterocycles. The summed E-state index contributed by atoms with van der Waals surface area (Å²) in [6, 6.07) is 24.6. The van der Waals surface area contributed by atoms with E-state index in [1.807, 2.05) is 104 Å². The second-order valence-electron chi connectivity index (χ2n) is 19.3. The summed E-state index contributed by atoms with van der Waals surface area (Å²) in [5, 5.41) is 0. The number of amides is 4. The molecule has 12 nitrogen and oxygen atoms in total. The van der Waals surface area contributed by atoms with Crippen LogP contribution >= 0.6 is 0 Å². The summed E-state index contributed by atoms with van der Waals surface area (Å²) in [5.41, 5.74) is 5.52. The molecule has 4 aromatic rings. The number of hydrogen-bond donors (Lipinski definition) is 0. The second-order valence-corrected chi connectivity index (χ2v) is 19.3. The molecule has 14 heteroatoms. The summed E-state index contributed by atoms with van der Waals surface area (Å²) in [7, 11) is 0. The first kappa shape index (κ1) is 45.8. The van der Waals surface area contributed by atoms with Crippen molar-refractivity contribution in [3.05, 3.63) is 119 Å². The number of halogens is 2. The molecule has 0 radical (unpaired) electrons. The van der Waals surface area contributed by atoms with E-state index in [4.69, 9.17) is 9.47 Å². The lowest BCUT2D eigenvalue weighted by Gasteiger charge is -2.38. The van der Waals surface area contributed by atoms with Crippen LogP contribution in [0.2, 0.25) is 0 Å². The van der Waals surface area contributed by atoms with Gasteiger partial charge in [-0.2, -0.15) is 0 Å². The Kier molecular flexibility index (Phi) is 13.0. The van der Waals surface area contributed by atoms with Crippen LogP contribution in [0.4, 0.5) is 41.1 Å². The predicted octanol–water partition coefficient (Wildman–Crippen LogP) is 8.68. The van der Waals surface area contributed by atoms with Crippen molar-refractivity contribution in [1.29, 1.82) is 0 Å². The van der Waals surface area contributed by atoms with Crippen molar-refractivity contribution in [3.8, 4) is 0 Å². The van der Waals surface area contributed by atoms with Gasteiger partial charge in [0.1, 0.15) is 22.8 Å². The number of benzene rings is 4. The first-order valence-electron chi connectivity index (χ1n) is 22.0. The van der Waals surface area contributed by atoms with Crippen LogP contribution in [-0.4, -0.2) is 97.4 Å². The smallest absolute Gasteiger partial charge is 0.410 e. The Morgan fingerprint density at radius 1 is 0.578 bits per heavy atom. The molecule has 64 heavy (non-hydrogen) atoms. The molecule has 0 atom stereocenters. The van der Waals surface area contributed by atoms with Crippen molar-refractivity contribution in [2.24, 2.45) is 0 Å². The first-order valence-corrected chi connectivity index (χ1v) is 22.0. The number of fused-ring (bicyclic) bond motifs is 2. The van der Waals surface area contributed by atoms with Gasteiger partial charge < -0.3 is 38.9 Å². The molecule has 4 aromatic carbocycles. The Balaban J connectivity index is 0.000000192. The van der Waals surface area contributed by atoms with E-state index >= 15 is 0 Å². The summed E-state index contributed by atoms with van der Waals surface area (Å²) in [4.78, 5) is 62.4. The summed E-state index contributed by atoms with van der Waals surface area (Å²) in [6.07, 6.45) is -0.258. The molecule has 4 aliphatic rings. The molecule has 2 saturated heterocycles. The summed E-state index contributed by atoms with van der Waals surface area (Å²) >= 11 is 0. The monoisotopic (exact) mass is 878 g/mol. The lowest BCUT2D eigenvalue weighted by molar-refractivity contribution is -0.122. The number of nitrogens with zero attached hydrogens (tertiary/aromatic N) is 6. The highest BCUT2D eigenvalue weighted by atomic mass is 19.1. The third-order valence-corrected chi connectivity index (χ3v) is 11.8. The molecule has 0 bridgehead atoms. The van der Waals surface area contributed by atoms with Crippen molar-refractivity contribution in [1.82, 2.24) is 9.80 Å². The van der Waals surface area contributed by atoms with Gasteiger partial charge in [0.2, 0.25) is 11.8 Å². The van der Waals surface area contributed by atoms with Gasteiger partial charge in [-0.1, -0.05) is 36.4 Å². The van der Waals surface area contributed by atoms with E-state index in [-0.39, 0.29) is 35.6 Å². The minimum Gasteiger partial charge on any atom is -0.444 e. The highest BCUT2D eigenvalue weighted by Crippen LogP contribution is 2.47. The number of carbonyl (C=O) groups is 4. The fourth-order valence-electron chi connectivity index (χ4n) is 8.76. The Bertz CT molecular complexity index is 2390. The van der Waals surface area contributed by atoms with Crippen molar-refractivity contribution in [2.75, 3.05) is 72.0 Å². The minimum atomic E-state index is -0.707. The standard InChI is InChI=1S/C26H32FN3O3.C24H28FN3O3/c1-25(2,3)33-24(32)29-14-12-28(13-15-29)20-10-7-11-21-22(20)26(4,5)23(31)30(21)17-18-8-6-9-19(27)16-18;1-24(2,3)31-23(30)27-12-10-26(11-13-27)20-8-5-9-21-19(20)15-22(29)28(21)16-17-6-4-7-18(25)14-17/h6-11,16H,12-15,17H2,1-5H3;4-9,14H,10-13,15-16H2,1-3H3. The Morgan fingerprint density at radius 3 is 1.48 bits per heavy atom. The van der Waals surface area contributed by atoms with Crippen molar-refractivity contribution < 1.29 is 37.4 Å². The van der Waals surface area contributed by atoms with Crippen molar-refractivity contribution in [2.45, 2.75) is 91.5 Å². The zero-order valence-electron chi connectivity index (χ0n) is 38.2. The van der Waals surface area contributed by atoms with Crippen LogP contribution in [0.15, 0.2) is 84.9 Å². The van der Waals surface area contributed by atoms with Gasteiger partial charge in [-0.25, -0.2) is 18.4 Å². The Labute approximate surface area is 375 Å². The molecule has 0 aliphatic carbocycles. The number of anilines is 4. The molecular formula is C50H60F2N6O6. The normalized spacial score (nSPS) is 17.2. The largest absolute Gasteiger partial charge is 0.444 e. The van der Waals surface area contributed by atoms with E-state index in [9.17, 15) is 28.0 Å². The van der Waals surface area contributed by atoms with Crippen LogP contribution < -0.4 is 19.6 Å². The zero-order chi connectivity index (χ0) is 46.1. The topological polar surface area (TPSA) is 106 Å². The van der Waals surface area contributed by atoms with Gasteiger partial charge >= 0.3 is 12.2 Å². The highest BCUT2D eigenvalue weighted by molar-refractivity contribution is 6.09. The van der Waals surface area contributed by atoms with Gasteiger partial charge in [-0.05, 0) is 115 Å². The third-order valence-electron chi connectivity index (χ3n) is 11.8. The molecule has 0 saturated carbocycles. The molecule has 4 amide bonds. The maximum absolute atomic E-state index is 13.7. The van der Waals surface area contributed by atoms with Crippen LogP contribution in [0.5, 0.6) is 0 Å². The molecule has 4 heterocycles. The van der Waals surface area contributed by atoms with Crippen LogP contribution in [0.1, 0.15) is 77.6 Å². The number of piperazine rings is 2. The molecule has 4 aliphatic heterocycles. The summed E-state index contributed by atoms with van der Waals surface area (Å²) < 4.78 is 38.3. The molecule has 0 N–H and O–H groups in total. The predicted molar refractivity (Wildman–Crippen MR) is 245 cm³/mol. The van der Waals surface area contributed by atoms with Crippen molar-refractivity contribution in [3.63, 3.8) is 0 Å². The zero-order valence-corrected chi connectivity index (χ0v) is 38.2. The fraction of sp³-hybridized carbons (Fsp3) is 0.440. The highest BCUT2D eigenvalue weighted by Gasteiger charge is 2.46. The lowest BCUT2D eigenvalue weighted by atomic mass is 9.84. The van der Waals surface area contributed by atoms with E-state index in [0.29, 0.717) is 71.9 Å². The van der Waals surface area contributed by atoms with E-state index < -0.39 is 16.6 Å². The molecule has 0 unspecified atom stereocenters. The van der Waals surface area contributed by atoms with Gasteiger partial charge in [0.25, 0.3) is 0 Å². The Hall–Kier alpha value is -6.18. The van der Waals surface area contributed by atoms with Gasteiger partial charge in [0.05, 0.1) is 30.6 Å². The summed E-state index contributed by atoms with van der Waals surface area (Å²) in [6.45, 7) is 20.6. The first-order chi connectivity index (χ1) is 30.2. The SMILES string of the molecule is CC(C)(C)OC(=O)N1CCN(c2cccc3c2C(C)(C)C(=O)N3Cc2cccc(F)c2)CC1.CC(C)(C)OC(=O)N1CCN(c2cccc3c2CC(=O)N3Cc2cccc(F)c2)CC1. The minimum absolute atomic E-state index is 0.00148. The van der Waals surface area contributed by atoms with Crippen LogP contribution in [0, 0.1) is 11.6 Å². The average molecular weight is 879 g/mol. The molecule has 340 valence electrons. The van der Waals surface area contributed by atoms with Crippen LogP contribution in [0.3, 0.4) is 0 Å². The second kappa shape index (κ2) is 18.1. The quantitative estimate of drug-likeness (QED) is 0.190. The van der Waals surface area contributed by atoms with E-state index in [2.05, 4.69) is 9.80 Å². The molecule has 2 fully saturated rings. The van der Waals surface area contributed by atoms with E-state index in [1.54, 1.807) is 31.7 Å². The van der Waals surface area contributed by atoms with Crippen LogP contribution in [0.25, 0.3) is 0 Å².